The molecule has 0 spiro atoms. The topological polar surface area (TPSA) is 79.4 Å². The maximum Gasteiger partial charge on any atom is 0.410 e. The molecule has 0 N–H and O–H groups in total. The van der Waals surface area contributed by atoms with Gasteiger partial charge in [-0.25, -0.2) is 9.78 Å². The summed E-state index contributed by atoms with van der Waals surface area (Å²) in [6, 6.07) is 14.3. The van der Waals surface area contributed by atoms with Crippen LogP contribution >= 0.6 is 15.9 Å². The average Bonchev–Trinajstić information content (AvgIpc) is 3.71. The van der Waals surface area contributed by atoms with Crippen molar-refractivity contribution in [3.05, 3.63) is 58.1 Å². The van der Waals surface area contributed by atoms with Gasteiger partial charge in [0.25, 0.3) is 0 Å². The van der Waals surface area contributed by atoms with E-state index < -0.39 is 5.60 Å². The van der Waals surface area contributed by atoms with Crippen LogP contribution in [-0.4, -0.2) is 60.1 Å². The summed E-state index contributed by atoms with van der Waals surface area (Å²) >= 11 is 3.91. The molecule has 3 heterocycles. The number of halogens is 1. The van der Waals surface area contributed by atoms with Crippen LogP contribution in [-0.2, 0) is 9.47 Å². The molecule has 0 unspecified atom stereocenters. The molecule has 2 aromatic carbocycles. The van der Waals surface area contributed by atoms with Gasteiger partial charge in [-0.1, -0.05) is 30.3 Å². The summed E-state index contributed by atoms with van der Waals surface area (Å²) in [6.45, 7) is 10.1. The maximum absolute atomic E-state index is 12.8. The van der Waals surface area contributed by atoms with Crippen molar-refractivity contribution in [1.29, 1.82) is 0 Å². The quantitative estimate of drug-likeness (QED) is 0.244. The number of likely N-dealkylation sites (tertiary alicyclic amines) is 1. The summed E-state index contributed by atoms with van der Waals surface area (Å²) in [7, 11) is 0. The number of hydrogen-bond acceptors (Lipinski definition) is 7. The van der Waals surface area contributed by atoms with Crippen molar-refractivity contribution in [2.24, 2.45) is 0 Å². The molecule has 3 aliphatic rings. The number of carbonyl (C=O) groups excluding carboxylic acids is 1. The molecule has 0 radical (unpaired) electrons. The first-order valence-corrected chi connectivity index (χ1v) is 16.2. The molecule has 2 aliphatic heterocycles. The zero-order chi connectivity index (χ0) is 30.1. The minimum Gasteiger partial charge on any atom is -0.488 e. The van der Waals surface area contributed by atoms with Gasteiger partial charge in [-0.15, -0.1) is 0 Å². The molecule has 9 heteroatoms. The molecule has 1 aromatic heterocycles. The number of carbonyl (C=O) groups is 1. The highest BCUT2D eigenvalue weighted by Gasteiger charge is 2.33. The highest BCUT2D eigenvalue weighted by molar-refractivity contribution is 9.10. The third kappa shape index (κ3) is 7.20. The molecule has 1 saturated carbocycles. The molecular weight excluding hydrogens is 612 g/mol. The lowest BCUT2D eigenvalue weighted by molar-refractivity contribution is 0.0234. The van der Waals surface area contributed by atoms with E-state index in [0.717, 1.165) is 41.1 Å². The second-order valence-electron chi connectivity index (χ2n) is 12.8. The Bertz CT molecular complexity index is 1450. The monoisotopic (exact) mass is 652 g/mol. The van der Waals surface area contributed by atoms with Crippen LogP contribution in [0.1, 0.15) is 82.9 Å². The Morgan fingerprint density at radius 3 is 2.47 bits per heavy atom. The van der Waals surface area contributed by atoms with E-state index in [-0.39, 0.29) is 24.4 Å². The minimum atomic E-state index is -0.548. The highest BCUT2D eigenvalue weighted by Crippen LogP contribution is 2.50. The van der Waals surface area contributed by atoms with Gasteiger partial charge < -0.3 is 28.6 Å². The fourth-order valence-corrected chi connectivity index (χ4v) is 6.38. The Balaban J connectivity index is 1.37. The number of benzene rings is 2. The van der Waals surface area contributed by atoms with Crippen molar-refractivity contribution in [2.75, 3.05) is 26.3 Å². The van der Waals surface area contributed by atoms with Gasteiger partial charge in [-0.3, -0.25) is 0 Å². The molecule has 1 aliphatic carbocycles. The summed E-state index contributed by atoms with van der Waals surface area (Å²) in [4.78, 5) is 19.5. The van der Waals surface area contributed by atoms with Crippen LogP contribution < -0.4 is 14.2 Å². The van der Waals surface area contributed by atoms with E-state index in [1.807, 2.05) is 45.0 Å². The van der Waals surface area contributed by atoms with Crippen LogP contribution in [0.3, 0.4) is 0 Å². The van der Waals surface area contributed by atoms with Crippen molar-refractivity contribution >= 4 is 32.9 Å². The number of ether oxygens (including phenoxy) is 5. The molecule has 2 saturated heterocycles. The summed E-state index contributed by atoms with van der Waals surface area (Å²) in [6.07, 6.45) is 3.92. The lowest BCUT2D eigenvalue weighted by Crippen LogP contribution is -2.36. The highest BCUT2D eigenvalue weighted by atomic mass is 79.9. The van der Waals surface area contributed by atoms with Crippen molar-refractivity contribution in [3.63, 3.8) is 0 Å². The van der Waals surface area contributed by atoms with Gasteiger partial charge in [-0.05, 0) is 79.6 Å². The largest absolute Gasteiger partial charge is 0.488 e. The van der Waals surface area contributed by atoms with E-state index in [9.17, 15) is 4.79 Å². The van der Waals surface area contributed by atoms with Gasteiger partial charge in [0.2, 0.25) is 5.88 Å². The maximum atomic E-state index is 12.8. The molecular formula is C34H41BrN2O6. The third-order valence-electron chi connectivity index (χ3n) is 8.09. The molecule has 0 bridgehead atoms. The molecule has 2 atom stereocenters. The first-order chi connectivity index (χ1) is 20.6. The second-order valence-corrected chi connectivity index (χ2v) is 13.6. The molecule has 6 rings (SSSR count). The summed E-state index contributed by atoms with van der Waals surface area (Å²) in [5.41, 5.74) is 2.43. The minimum absolute atomic E-state index is 0.0162. The second kappa shape index (κ2) is 12.5. The van der Waals surface area contributed by atoms with Crippen LogP contribution in [0.5, 0.6) is 17.4 Å². The number of fused-ring (bicyclic) bond motifs is 1. The Morgan fingerprint density at radius 1 is 1.02 bits per heavy atom. The summed E-state index contributed by atoms with van der Waals surface area (Å²) < 4.78 is 31.9. The SMILES string of the molecule is C[C@H](Oc1c(Br)c(C2CC2)cc2c(O[C@H]3CCN(C(=O)OC(C)(C)C)C3)cc(OC3CCOCC3)nc12)c1ccccc1. The van der Waals surface area contributed by atoms with Crippen molar-refractivity contribution < 1.29 is 28.5 Å². The lowest BCUT2D eigenvalue weighted by Gasteiger charge is -2.25. The van der Waals surface area contributed by atoms with Crippen LogP contribution in [0.25, 0.3) is 10.9 Å². The summed E-state index contributed by atoms with van der Waals surface area (Å²) in [5, 5.41) is 0.885. The standard InChI is InChI=1S/C34H41BrN2O6/c1-21(22-8-6-5-7-9-22)40-32-30(35)26(23-10-11-23)18-27-28(19-29(36-31(27)32)42-24-13-16-39-17-14-24)41-25-12-15-37(20-25)33(38)43-34(2,3)4/h5-9,18-19,21,23-25H,10-17,20H2,1-4H3/t21-,25-/m0/s1. The van der Waals surface area contributed by atoms with E-state index in [4.69, 9.17) is 28.7 Å². The van der Waals surface area contributed by atoms with Gasteiger partial charge in [0.05, 0.1) is 24.2 Å². The lowest BCUT2D eigenvalue weighted by atomic mass is 10.0. The first-order valence-electron chi connectivity index (χ1n) is 15.4. The number of pyridine rings is 1. The number of hydrogen-bond donors (Lipinski definition) is 0. The van der Waals surface area contributed by atoms with Gasteiger partial charge in [-0.2, -0.15) is 0 Å². The van der Waals surface area contributed by atoms with E-state index in [2.05, 4.69) is 41.1 Å². The van der Waals surface area contributed by atoms with E-state index in [1.54, 1.807) is 4.90 Å². The number of amides is 1. The van der Waals surface area contributed by atoms with Crippen molar-refractivity contribution in [3.8, 4) is 17.4 Å². The van der Waals surface area contributed by atoms with Gasteiger partial charge in [0, 0.05) is 37.3 Å². The van der Waals surface area contributed by atoms with Gasteiger partial charge >= 0.3 is 6.09 Å². The number of rotatable bonds is 8. The van der Waals surface area contributed by atoms with E-state index >= 15 is 0 Å². The summed E-state index contributed by atoms with van der Waals surface area (Å²) in [5.74, 6) is 2.35. The number of aromatic nitrogens is 1. The Hall–Kier alpha value is -3.04. The molecule has 230 valence electrons. The third-order valence-corrected chi connectivity index (χ3v) is 8.91. The molecule has 1 amide bonds. The predicted molar refractivity (Wildman–Crippen MR) is 168 cm³/mol. The van der Waals surface area contributed by atoms with E-state index in [1.165, 1.54) is 5.56 Å². The Kier molecular flexibility index (Phi) is 8.74. The zero-order valence-electron chi connectivity index (χ0n) is 25.4. The molecule has 43 heavy (non-hydrogen) atoms. The van der Waals surface area contributed by atoms with Crippen LogP contribution in [0, 0.1) is 0 Å². The molecule has 3 fully saturated rings. The average molecular weight is 654 g/mol. The smallest absolute Gasteiger partial charge is 0.410 e. The Labute approximate surface area is 262 Å². The normalized spacial score (nSPS) is 20.2. The van der Waals surface area contributed by atoms with Crippen LogP contribution in [0.4, 0.5) is 4.79 Å². The van der Waals surface area contributed by atoms with Crippen molar-refractivity contribution in [2.45, 2.75) is 89.6 Å². The zero-order valence-corrected chi connectivity index (χ0v) is 27.0. The van der Waals surface area contributed by atoms with Crippen LogP contribution in [0.2, 0.25) is 0 Å². The van der Waals surface area contributed by atoms with Gasteiger partial charge in [0.15, 0.2) is 5.75 Å². The fraction of sp³-hybridized carbons (Fsp3) is 0.529. The predicted octanol–water partition coefficient (Wildman–Crippen LogP) is 7.96. The fourth-order valence-electron chi connectivity index (χ4n) is 5.66. The molecule has 3 aromatic rings. The first kappa shape index (κ1) is 30.0. The Morgan fingerprint density at radius 2 is 1.77 bits per heavy atom. The van der Waals surface area contributed by atoms with Gasteiger partial charge in [0.1, 0.15) is 35.2 Å². The van der Waals surface area contributed by atoms with Crippen molar-refractivity contribution in [1.82, 2.24) is 9.88 Å². The van der Waals surface area contributed by atoms with Crippen LogP contribution in [0.15, 0.2) is 46.9 Å². The number of nitrogens with zero attached hydrogens (tertiary/aromatic N) is 2. The molecule has 8 nitrogen and oxygen atoms in total. The van der Waals surface area contributed by atoms with E-state index in [0.29, 0.717) is 61.5 Å².